The van der Waals surface area contributed by atoms with E-state index < -0.39 is 0 Å². The average molecular weight is 278 g/mol. The Hall–Kier alpha value is -1.74. The lowest BCUT2D eigenvalue weighted by Crippen LogP contribution is -2.24. The van der Waals surface area contributed by atoms with Crippen LogP contribution < -0.4 is 10.1 Å². The van der Waals surface area contributed by atoms with Crippen LogP contribution in [0, 0.1) is 12.7 Å². The van der Waals surface area contributed by atoms with E-state index >= 15 is 0 Å². The molecule has 1 aliphatic rings. The van der Waals surface area contributed by atoms with Gasteiger partial charge < -0.3 is 10.1 Å². The maximum atomic E-state index is 13.8. The van der Waals surface area contributed by atoms with Gasteiger partial charge in [0.25, 0.3) is 0 Å². The van der Waals surface area contributed by atoms with Crippen LogP contribution in [0.3, 0.4) is 0 Å². The Kier molecular flexibility index (Phi) is 3.07. The molecule has 0 aliphatic carbocycles. The van der Waals surface area contributed by atoms with Crippen molar-refractivity contribution in [1.29, 1.82) is 0 Å². The Bertz CT molecular complexity index is 630. The van der Waals surface area contributed by atoms with Crippen molar-refractivity contribution in [3.05, 3.63) is 58.4 Å². The first-order chi connectivity index (χ1) is 9.15. The summed E-state index contributed by atoms with van der Waals surface area (Å²) in [7, 11) is 0. The second kappa shape index (κ2) is 4.74. The Labute approximate surface area is 116 Å². The lowest BCUT2D eigenvalue weighted by atomic mass is 10.1. The largest absolute Gasteiger partial charge is 0.481 e. The van der Waals surface area contributed by atoms with Crippen LogP contribution in [-0.2, 0) is 0 Å². The van der Waals surface area contributed by atoms with E-state index in [1.165, 1.54) is 6.07 Å². The normalized spacial score (nSPS) is 17.3. The summed E-state index contributed by atoms with van der Waals surface area (Å²) in [4.78, 5) is 0. The topological polar surface area (TPSA) is 21.3 Å². The maximum absolute atomic E-state index is 13.8. The highest BCUT2D eigenvalue weighted by atomic mass is 35.5. The van der Waals surface area contributed by atoms with E-state index in [2.05, 4.69) is 5.32 Å². The molecule has 19 heavy (non-hydrogen) atoms. The number of anilines is 1. The van der Waals surface area contributed by atoms with Crippen molar-refractivity contribution in [3.63, 3.8) is 0 Å². The van der Waals surface area contributed by atoms with Crippen LogP contribution in [0.1, 0.15) is 17.2 Å². The molecular formula is C15H13ClFNO. The quantitative estimate of drug-likeness (QED) is 0.837. The smallest absolute Gasteiger partial charge is 0.146 e. The van der Waals surface area contributed by atoms with E-state index in [1.54, 1.807) is 12.1 Å². The van der Waals surface area contributed by atoms with Crippen molar-refractivity contribution in [2.45, 2.75) is 13.0 Å². The maximum Gasteiger partial charge on any atom is 0.146 e. The molecule has 1 aliphatic heterocycles. The lowest BCUT2D eigenvalue weighted by molar-refractivity contribution is 0.204. The van der Waals surface area contributed by atoms with Gasteiger partial charge in [-0.1, -0.05) is 29.8 Å². The van der Waals surface area contributed by atoms with E-state index in [4.69, 9.17) is 16.3 Å². The first kappa shape index (κ1) is 12.3. The molecule has 0 saturated carbocycles. The van der Waals surface area contributed by atoms with Gasteiger partial charge in [-0.3, -0.25) is 0 Å². The molecular weight excluding hydrogens is 265 g/mol. The number of hydrogen-bond donors (Lipinski definition) is 1. The van der Waals surface area contributed by atoms with Gasteiger partial charge in [0.05, 0.1) is 12.2 Å². The summed E-state index contributed by atoms with van der Waals surface area (Å²) in [5, 5.41) is 3.91. The van der Waals surface area contributed by atoms with Crippen LogP contribution in [0.5, 0.6) is 5.75 Å². The van der Waals surface area contributed by atoms with Crippen molar-refractivity contribution in [1.82, 2.24) is 0 Å². The van der Waals surface area contributed by atoms with Gasteiger partial charge >= 0.3 is 0 Å². The fourth-order valence-corrected chi connectivity index (χ4v) is 2.59. The van der Waals surface area contributed by atoms with Gasteiger partial charge in [0.15, 0.2) is 0 Å². The number of benzene rings is 2. The molecule has 0 spiro atoms. The molecule has 0 radical (unpaired) electrons. The van der Waals surface area contributed by atoms with Crippen LogP contribution in [0.2, 0.25) is 5.02 Å². The number of aryl methyl sites for hydroxylation is 1. The molecule has 1 heterocycles. The second-order valence-corrected chi connectivity index (χ2v) is 5.04. The first-order valence-electron chi connectivity index (χ1n) is 6.10. The van der Waals surface area contributed by atoms with Crippen LogP contribution in [0.25, 0.3) is 0 Å². The lowest BCUT2D eigenvalue weighted by Gasteiger charge is -2.29. The fraction of sp³-hybridized carbons (Fsp3) is 0.200. The summed E-state index contributed by atoms with van der Waals surface area (Å²) in [5.41, 5.74) is 2.36. The molecule has 2 nitrogen and oxygen atoms in total. The van der Waals surface area contributed by atoms with Crippen LogP contribution >= 0.6 is 11.6 Å². The third kappa shape index (κ3) is 2.26. The average Bonchev–Trinajstić information content (AvgIpc) is 2.39. The van der Waals surface area contributed by atoms with E-state index in [1.807, 2.05) is 25.1 Å². The van der Waals surface area contributed by atoms with Crippen LogP contribution in [0.15, 0.2) is 36.4 Å². The number of nitrogens with one attached hydrogen (secondary N) is 1. The molecule has 0 amide bonds. The van der Waals surface area contributed by atoms with Crippen molar-refractivity contribution < 1.29 is 9.13 Å². The third-order valence-corrected chi connectivity index (χ3v) is 3.45. The molecule has 3 rings (SSSR count). The second-order valence-electron chi connectivity index (χ2n) is 4.61. The molecule has 1 N–H and O–H groups in total. The fourth-order valence-electron chi connectivity index (χ4n) is 2.31. The summed E-state index contributed by atoms with van der Waals surface area (Å²) in [5.74, 6) is 0.494. The highest BCUT2D eigenvalue weighted by Gasteiger charge is 2.24. The Morgan fingerprint density at radius 2 is 2.11 bits per heavy atom. The zero-order chi connectivity index (χ0) is 13.4. The van der Waals surface area contributed by atoms with E-state index in [0.29, 0.717) is 17.1 Å². The molecule has 4 heteroatoms. The summed E-state index contributed by atoms with van der Waals surface area (Å²) in [6.45, 7) is 2.45. The van der Waals surface area contributed by atoms with E-state index in [9.17, 15) is 4.39 Å². The number of rotatable bonds is 1. The van der Waals surface area contributed by atoms with Crippen LogP contribution in [-0.4, -0.2) is 6.54 Å². The van der Waals surface area contributed by atoms with Gasteiger partial charge in [0, 0.05) is 10.6 Å². The molecule has 1 unspecified atom stereocenters. The molecule has 0 fully saturated rings. The molecule has 98 valence electrons. The number of fused-ring (bicyclic) bond motifs is 1. The summed E-state index contributed by atoms with van der Waals surface area (Å²) < 4.78 is 19.7. The van der Waals surface area contributed by atoms with Gasteiger partial charge in [0.1, 0.15) is 17.7 Å². The van der Waals surface area contributed by atoms with Crippen LogP contribution in [0.4, 0.5) is 10.1 Å². The zero-order valence-corrected chi connectivity index (χ0v) is 11.2. The number of hydrogen-bond acceptors (Lipinski definition) is 2. The summed E-state index contributed by atoms with van der Waals surface area (Å²) >= 11 is 6.00. The predicted molar refractivity (Wildman–Crippen MR) is 74.4 cm³/mol. The van der Waals surface area contributed by atoms with Crippen molar-refractivity contribution in [3.8, 4) is 5.75 Å². The minimum atomic E-state index is -0.325. The van der Waals surface area contributed by atoms with E-state index in [-0.39, 0.29) is 11.9 Å². The predicted octanol–water partition coefficient (Wildman–Crippen LogP) is 4.33. The van der Waals surface area contributed by atoms with Gasteiger partial charge in [0.2, 0.25) is 0 Å². The van der Waals surface area contributed by atoms with E-state index in [0.717, 1.165) is 17.0 Å². The summed E-state index contributed by atoms with van der Waals surface area (Å²) in [6.07, 6.45) is -0.325. The number of halogens is 2. The van der Waals surface area contributed by atoms with Gasteiger partial charge in [-0.05, 0) is 30.7 Å². The monoisotopic (exact) mass is 277 g/mol. The Morgan fingerprint density at radius 1 is 1.32 bits per heavy atom. The van der Waals surface area contributed by atoms with Crippen molar-refractivity contribution >= 4 is 17.3 Å². The molecule has 0 aromatic heterocycles. The highest BCUT2D eigenvalue weighted by Crippen LogP contribution is 2.39. The minimum Gasteiger partial charge on any atom is -0.481 e. The number of ether oxygens (including phenoxy) is 1. The van der Waals surface area contributed by atoms with Gasteiger partial charge in [-0.25, -0.2) is 4.39 Å². The third-order valence-electron chi connectivity index (χ3n) is 3.23. The summed E-state index contributed by atoms with van der Waals surface area (Å²) in [6, 6.07) is 10.3. The van der Waals surface area contributed by atoms with Gasteiger partial charge in [-0.15, -0.1) is 0 Å². The molecule has 2 aromatic carbocycles. The SMILES string of the molecule is Cc1cc(Cl)cc2c1OC(c1ccccc1F)CN2. The first-order valence-corrected chi connectivity index (χ1v) is 6.48. The standard InChI is InChI=1S/C15H13ClFNO/c1-9-6-10(16)7-13-15(9)19-14(8-18-13)11-4-2-3-5-12(11)17/h2-7,14,18H,8H2,1H3. The van der Waals surface area contributed by atoms with Gasteiger partial charge in [-0.2, -0.15) is 0 Å². The molecule has 1 atom stereocenters. The molecule has 0 saturated heterocycles. The molecule has 0 bridgehead atoms. The Balaban J connectivity index is 1.97. The highest BCUT2D eigenvalue weighted by molar-refractivity contribution is 6.31. The van der Waals surface area contributed by atoms with Crippen molar-refractivity contribution in [2.24, 2.45) is 0 Å². The zero-order valence-electron chi connectivity index (χ0n) is 10.4. The van der Waals surface area contributed by atoms with Crippen molar-refractivity contribution in [2.75, 3.05) is 11.9 Å². The minimum absolute atomic E-state index is 0.246. The Morgan fingerprint density at radius 3 is 2.89 bits per heavy atom. The molecule has 2 aromatic rings.